The largest absolute Gasteiger partial charge is 0.489 e. The molecule has 2 aromatic carbocycles. The minimum absolute atomic E-state index is 0.421. The summed E-state index contributed by atoms with van der Waals surface area (Å²) in [7, 11) is 0. The van der Waals surface area contributed by atoms with Gasteiger partial charge in [-0.1, -0.05) is 24.3 Å². The number of hydrogen-bond donors (Lipinski definition) is 1. The molecule has 0 bridgehead atoms. The molecule has 0 spiro atoms. The number of para-hydroxylation sites is 1. The molecular formula is C17H14N2O2. The lowest BCUT2D eigenvalue weighted by molar-refractivity contribution is 0.100. The summed E-state index contributed by atoms with van der Waals surface area (Å²) in [4.78, 5) is 15.4. The third-order valence-corrected chi connectivity index (χ3v) is 3.25. The Kier molecular flexibility index (Phi) is 3.51. The number of benzene rings is 2. The van der Waals surface area contributed by atoms with E-state index < -0.39 is 5.91 Å². The molecule has 1 aromatic heterocycles. The SMILES string of the molecule is NC(=O)c1ccc(OCc2cccc3cccnc23)cc1. The highest BCUT2D eigenvalue weighted by Gasteiger charge is 2.04. The predicted molar refractivity (Wildman–Crippen MR) is 81.0 cm³/mol. The number of carbonyl (C=O) groups excluding carboxylic acids is 1. The third-order valence-electron chi connectivity index (χ3n) is 3.25. The van der Waals surface area contributed by atoms with Crippen LogP contribution in [-0.4, -0.2) is 10.9 Å². The molecule has 0 fully saturated rings. The molecule has 0 radical (unpaired) electrons. The number of nitrogens with zero attached hydrogens (tertiary/aromatic N) is 1. The standard InChI is InChI=1S/C17H14N2O2/c18-17(20)13-6-8-15(9-7-13)21-11-14-4-1-3-12-5-2-10-19-16(12)14/h1-10H,11H2,(H2,18,20). The number of nitrogens with two attached hydrogens (primary N) is 1. The summed E-state index contributed by atoms with van der Waals surface area (Å²) in [6.07, 6.45) is 1.77. The van der Waals surface area contributed by atoms with Crippen molar-refractivity contribution >= 4 is 16.8 Å². The summed E-state index contributed by atoms with van der Waals surface area (Å²) in [5.74, 6) is 0.243. The van der Waals surface area contributed by atoms with Gasteiger partial charge in [-0.3, -0.25) is 9.78 Å². The maximum Gasteiger partial charge on any atom is 0.248 e. The first kappa shape index (κ1) is 13.1. The lowest BCUT2D eigenvalue weighted by Crippen LogP contribution is -2.10. The van der Waals surface area contributed by atoms with Gasteiger partial charge in [-0.15, -0.1) is 0 Å². The van der Waals surface area contributed by atoms with Crippen LogP contribution in [0.15, 0.2) is 60.8 Å². The summed E-state index contributed by atoms with van der Waals surface area (Å²) in [5, 5.41) is 1.09. The Morgan fingerprint density at radius 1 is 1.05 bits per heavy atom. The number of ether oxygens (including phenoxy) is 1. The van der Waals surface area contributed by atoms with E-state index in [4.69, 9.17) is 10.5 Å². The van der Waals surface area contributed by atoms with Crippen LogP contribution >= 0.6 is 0 Å². The van der Waals surface area contributed by atoms with Gasteiger partial charge < -0.3 is 10.5 Å². The van der Waals surface area contributed by atoms with Crippen LogP contribution in [0.25, 0.3) is 10.9 Å². The molecule has 4 heteroatoms. The average molecular weight is 278 g/mol. The highest BCUT2D eigenvalue weighted by atomic mass is 16.5. The second-order valence-electron chi connectivity index (χ2n) is 4.67. The van der Waals surface area contributed by atoms with Crippen LogP contribution in [-0.2, 0) is 6.61 Å². The van der Waals surface area contributed by atoms with Crippen LogP contribution in [0.1, 0.15) is 15.9 Å². The molecule has 0 aliphatic rings. The number of aromatic nitrogens is 1. The summed E-state index contributed by atoms with van der Waals surface area (Å²) in [6.45, 7) is 0.421. The van der Waals surface area contributed by atoms with E-state index in [1.54, 1.807) is 30.5 Å². The zero-order valence-corrected chi connectivity index (χ0v) is 11.3. The van der Waals surface area contributed by atoms with Crippen LogP contribution in [0.4, 0.5) is 0 Å². The van der Waals surface area contributed by atoms with E-state index in [9.17, 15) is 4.79 Å². The van der Waals surface area contributed by atoms with Gasteiger partial charge in [0, 0.05) is 22.7 Å². The predicted octanol–water partition coefficient (Wildman–Crippen LogP) is 2.91. The van der Waals surface area contributed by atoms with Crippen molar-refractivity contribution in [2.75, 3.05) is 0 Å². The number of amides is 1. The van der Waals surface area contributed by atoms with Crippen molar-refractivity contribution in [3.63, 3.8) is 0 Å². The van der Waals surface area contributed by atoms with Crippen LogP contribution in [0.3, 0.4) is 0 Å². The van der Waals surface area contributed by atoms with E-state index in [1.165, 1.54) is 0 Å². The summed E-state index contributed by atoms with van der Waals surface area (Å²) < 4.78 is 5.74. The second kappa shape index (κ2) is 5.63. The van der Waals surface area contributed by atoms with Crippen molar-refractivity contribution < 1.29 is 9.53 Å². The number of carbonyl (C=O) groups is 1. The monoisotopic (exact) mass is 278 g/mol. The van der Waals surface area contributed by atoms with E-state index in [2.05, 4.69) is 4.98 Å². The van der Waals surface area contributed by atoms with Crippen molar-refractivity contribution in [2.24, 2.45) is 5.73 Å². The van der Waals surface area contributed by atoms with Crippen molar-refractivity contribution in [1.82, 2.24) is 4.98 Å². The molecule has 1 amide bonds. The van der Waals surface area contributed by atoms with Gasteiger partial charge in [0.25, 0.3) is 0 Å². The lowest BCUT2D eigenvalue weighted by atomic mass is 10.1. The Hall–Kier alpha value is -2.88. The number of hydrogen-bond acceptors (Lipinski definition) is 3. The molecule has 3 rings (SSSR count). The van der Waals surface area contributed by atoms with Crippen LogP contribution in [0, 0.1) is 0 Å². The minimum atomic E-state index is -0.445. The van der Waals surface area contributed by atoms with Gasteiger partial charge >= 0.3 is 0 Å². The highest BCUT2D eigenvalue weighted by molar-refractivity contribution is 5.92. The molecule has 4 nitrogen and oxygen atoms in total. The Labute approximate surface area is 122 Å². The molecule has 0 aliphatic carbocycles. The van der Waals surface area contributed by atoms with Crippen LogP contribution in [0.2, 0.25) is 0 Å². The summed E-state index contributed by atoms with van der Waals surface area (Å²) in [5.41, 5.74) is 7.63. The fourth-order valence-electron chi connectivity index (χ4n) is 2.16. The molecule has 0 aliphatic heterocycles. The minimum Gasteiger partial charge on any atom is -0.489 e. The van der Waals surface area contributed by atoms with Gasteiger partial charge in [0.15, 0.2) is 0 Å². The Morgan fingerprint density at radius 2 is 1.81 bits per heavy atom. The van der Waals surface area contributed by atoms with E-state index in [-0.39, 0.29) is 0 Å². The van der Waals surface area contributed by atoms with Crippen molar-refractivity contribution in [3.05, 3.63) is 71.9 Å². The van der Waals surface area contributed by atoms with Crippen molar-refractivity contribution in [1.29, 1.82) is 0 Å². The fraction of sp³-hybridized carbons (Fsp3) is 0.0588. The average Bonchev–Trinajstić information content (AvgIpc) is 2.53. The van der Waals surface area contributed by atoms with E-state index in [1.807, 2.05) is 30.3 Å². The smallest absolute Gasteiger partial charge is 0.248 e. The molecule has 1 heterocycles. The zero-order chi connectivity index (χ0) is 14.7. The zero-order valence-electron chi connectivity index (χ0n) is 11.3. The normalized spacial score (nSPS) is 10.5. The molecule has 3 aromatic rings. The maximum absolute atomic E-state index is 11.0. The van der Waals surface area contributed by atoms with E-state index in [0.717, 1.165) is 16.5 Å². The number of fused-ring (bicyclic) bond motifs is 1. The Bertz CT molecular complexity index is 777. The fourth-order valence-corrected chi connectivity index (χ4v) is 2.16. The first-order chi connectivity index (χ1) is 10.2. The van der Waals surface area contributed by atoms with Crippen molar-refractivity contribution in [3.8, 4) is 5.75 Å². The lowest BCUT2D eigenvalue weighted by Gasteiger charge is -2.08. The van der Waals surface area contributed by atoms with Gasteiger partial charge in [0.05, 0.1) is 5.52 Å². The van der Waals surface area contributed by atoms with Gasteiger partial charge in [0.2, 0.25) is 5.91 Å². The molecule has 0 saturated carbocycles. The molecular weight excluding hydrogens is 264 g/mol. The quantitative estimate of drug-likeness (QED) is 0.798. The molecule has 0 saturated heterocycles. The number of rotatable bonds is 4. The Balaban J connectivity index is 1.79. The van der Waals surface area contributed by atoms with E-state index in [0.29, 0.717) is 17.9 Å². The molecule has 0 unspecified atom stereocenters. The van der Waals surface area contributed by atoms with Gasteiger partial charge in [-0.25, -0.2) is 0 Å². The molecule has 2 N–H and O–H groups in total. The maximum atomic E-state index is 11.0. The second-order valence-corrected chi connectivity index (χ2v) is 4.67. The first-order valence-corrected chi connectivity index (χ1v) is 6.59. The van der Waals surface area contributed by atoms with Crippen molar-refractivity contribution in [2.45, 2.75) is 6.61 Å². The van der Waals surface area contributed by atoms with Gasteiger partial charge in [-0.05, 0) is 30.3 Å². The first-order valence-electron chi connectivity index (χ1n) is 6.59. The van der Waals surface area contributed by atoms with E-state index >= 15 is 0 Å². The van der Waals surface area contributed by atoms with Crippen LogP contribution in [0.5, 0.6) is 5.75 Å². The third kappa shape index (κ3) is 2.84. The highest BCUT2D eigenvalue weighted by Crippen LogP contribution is 2.19. The van der Waals surface area contributed by atoms with Gasteiger partial charge in [0.1, 0.15) is 12.4 Å². The number of primary amides is 1. The Morgan fingerprint density at radius 3 is 2.57 bits per heavy atom. The number of pyridine rings is 1. The summed E-state index contributed by atoms with van der Waals surface area (Å²) in [6, 6.07) is 16.7. The van der Waals surface area contributed by atoms with Crippen LogP contribution < -0.4 is 10.5 Å². The summed E-state index contributed by atoms with van der Waals surface area (Å²) >= 11 is 0. The van der Waals surface area contributed by atoms with Gasteiger partial charge in [-0.2, -0.15) is 0 Å². The molecule has 0 atom stereocenters. The molecule has 104 valence electrons. The topological polar surface area (TPSA) is 65.2 Å². The molecule has 21 heavy (non-hydrogen) atoms.